The molecule has 1 aliphatic rings. The molecule has 0 aromatic carbocycles. The van der Waals surface area contributed by atoms with Crippen molar-refractivity contribution in [2.45, 2.75) is 42.9 Å². The van der Waals surface area contributed by atoms with Gasteiger partial charge in [0.15, 0.2) is 0 Å². The summed E-state index contributed by atoms with van der Waals surface area (Å²) in [6.07, 6.45) is 2.17. The molecule has 1 aromatic rings. The number of nitrogens with zero attached hydrogens (tertiary/aromatic N) is 2. The Morgan fingerprint density at radius 2 is 1.84 bits per heavy atom. The fraction of sp³-hybridized carbons (Fsp3) is 0.550. The molecule has 1 unspecified atom stereocenters. The maximum absolute atomic E-state index is 11.9. The Morgan fingerprint density at radius 3 is 2.53 bits per heavy atom. The highest BCUT2D eigenvalue weighted by atomic mass is 33.1. The summed E-state index contributed by atoms with van der Waals surface area (Å²) in [6.45, 7) is 3.39. The number of hydroxylamine groups is 2. The van der Waals surface area contributed by atoms with Gasteiger partial charge in [-0.15, -0.1) is 5.06 Å². The molecule has 1 aliphatic heterocycles. The molecule has 2 heterocycles. The van der Waals surface area contributed by atoms with Crippen molar-refractivity contribution in [3.05, 3.63) is 24.4 Å². The molecular formula is C20H27N3O7S2. The maximum atomic E-state index is 11.9. The van der Waals surface area contributed by atoms with Crippen LogP contribution in [0.4, 0.5) is 0 Å². The van der Waals surface area contributed by atoms with Crippen LogP contribution >= 0.6 is 21.6 Å². The van der Waals surface area contributed by atoms with Crippen LogP contribution in [0, 0.1) is 0 Å². The summed E-state index contributed by atoms with van der Waals surface area (Å²) in [6, 6.07) is 5.71. The molecule has 1 N–H and O–H groups in total. The summed E-state index contributed by atoms with van der Waals surface area (Å²) in [4.78, 5) is 55.2. The van der Waals surface area contributed by atoms with Crippen molar-refractivity contribution < 1.29 is 33.5 Å². The minimum Gasteiger partial charge on any atom is -0.378 e. The molecule has 32 heavy (non-hydrogen) atoms. The van der Waals surface area contributed by atoms with Crippen molar-refractivity contribution in [2.24, 2.45) is 0 Å². The molecule has 0 spiro atoms. The highest BCUT2D eigenvalue weighted by Gasteiger charge is 2.32. The second-order valence-electron chi connectivity index (χ2n) is 6.73. The zero-order valence-corrected chi connectivity index (χ0v) is 19.5. The van der Waals surface area contributed by atoms with E-state index in [1.807, 2.05) is 25.1 Å². The van der Waals surface area contributed by atoms with E-state index in [2.05, 4.69) is 10.3 Å². The third-order valence-electron chi connectivity index (χ3n) is 4.00. The van der Waals surface area contributed by atoms with Gasteiger partial charge in [0.25, 0.3) is 11.8 Å². The molecule has 1 saturated heterocycles. The van der Waals surface area contributed by atoms with E-state index in [1.165, 1.54) is 0 Å². The van der Waals surface area contributed by atoms with Crippen LogP contribution in [0.25, 0.3) is 0 Å². The zero-order chi connectivity index (χ0) is 23.2. The second kappa shape index (κ2) is 14.8. The lowest BCUT2D eigenvalue weighted by atomic mass is 10.3. The Labute approximate surface area is 194 Å². The molecule has 10 nitrogen and oxygen atoms in total. The number of hydrogen-bond donors (Lipinski definition) is 1. The molecule has 176 valence electrons. The maximum Gasteiger partial charge on any atom is 0.335 e. The first kappa shape index (κ1) is 26.1. The Hall–Kier alpha value is -2.15. The Balaban J connectivity index is 1.40. The number of carbonyl (C=O) groups excluding carboxylic acids is 4. The van der Waals surface area contributed by atoms with E-state index < -0.39 is 17.8 Å². The molecule has 2 rings (SSSR count). The quantitative estimate of drug-likeness (QED) is 0.223. The van der Waals surface area contributed by atoms with Gasteiger partial charge < -0.3 is 19.6 Å². The predicted octanol–water partition coefficient (Wildman–Crippen LogP) is 1.75. The van der Waals surface area contributed by atoms with Crippen LogP contribution in [0.2, 0.25) is 0 Å². The van der Waals surface area contributed by atoms with Gasteiger partial charge in [-0.25, -0.2) is 9.78 Å². The molecule has 0 saturated carbocycles. The van der Waals surface area contributed by atoms with E-state index >= 15 is 0 Å². The molecule has 0 bridgehead atoms. The van der Waals surface area contributed by atoms with Gasteiger partial charge >= 0.3 is 5.97 Å². The summed E-state index contributed by atoms with van der Waals surface area (Å²) in [5, 5.41) is 4.37. The van der Waals surface area contributed by atoms with Crippen LogP contribution < -0.4 is 5.32 Å². The lowest BCUT2D eigenvalue weighted by molar-refractivity contribution is -0.198. The number of amides is 3. The van der Waals surface area contributed by atoms with Gasteiger partial charge in [-0.05, 0) is 22.9 Å². The van der Waals surface area contributed by atoms with Crippen LogP contribution in [0.5, 0.6) is 0 Å². The highest BCUT2D eigenvalue weighted by molar-refractivity contribution is 8.76. The number of carbonyl (C=O) groups is 4. The average Bonchev–Trinajstić information content (AvgIpc) is 3.09. The number of imide groups is 1. The topological polar surface area (TPSA) is 124 Å². The molecule has 1 aromatic heterocycles. The lowest BCUT2D eigenvalue weighted by Crippen LogP contribution is -2.32. The number of aromatic nitrogens is 1. The van der Waals surface area contributed by atoms with Crippen LogP contribution in [-0.4, -0.2) is 72.0 Å². The standard InChI is InChI=1S/C20H27N3O7S2/c1-15(31-32-17-4-2-3-8-22-17)14-16(24)21-9-11-29-13-12-28-10-7-20(27)30-23-18(25)5-6-19(23)26/h2-4,8,15H,5-7,9-14H2,1H3,(H,21,24). The summed E-state index contributed by atoms with van der Waals surface area (Å²) in [5.41, 5.74) is 0. The number of rotatable bonds is 15. The first-order valence-corrected chi connectivity index (χ1v) is 12.4. The van der Waals surface area contributed by atoms with E-state index in [9.17, 15) is 19.2 Å². The Morgan fingerprint density at radius 1 is 1.12 bits per heavy atom. The van der Waals surface area contributed by atoms with Gasteiger partial charge in [0.1, 0.15) is 5.03 Å². The van der Waals surface area contributed by atoms with E-state index in [4.69, 9.17) is 14.3 Å². The lowest BCUT2D eigenvalue weighted by Gasteiger charge is -2.12. The summed E-state index contributed by atoms with van der Waals surface area (Å²) >= 11 is 0. The van der Waals surface area contributed by atoms with E-state index in [-0.39, 0.29) is 43.6 Å². The SMILES string of the molecule is CC(CC(=O)NCCOCCOCCC(=O)ON1C(=O)CCC1=O)SSc1ccccn1. The predicted molar refractivity (Wildman–Crippen MR) is 118 cm³/mol. The first-order valence-electron chi connectivity index (χ1n) is 10.2. The summed E-state index contributed by atoms with van der Waals surface area (Å²) < 4.78 is 10.6. The van der Waals surface area contributed by atoms with Gasteiger partial charge in [0.2, 0.25) is 5.91 Å². The number of pyridine rings is 1. The van der Waals surface area contributed by atoms with Crippen molar-refractivity contribution in [2.75, 3.05) is 33.0 Å². The van der Waals surface area contributed by atoms with Crippen LogP contribution in [0.3, 0.4) is 0 Å². The molecule has 12 heteroatoms. The average molecular weight is 486 g/mol. The minimum atomic E-state index is -0.706. The summed E-state index contributed by atoms with van der Waals surface area (Å²) in [7, 11) is 3.15. The van der Waals surface area contributed by atoms with E-state index in [1.54, 1.807) is 27.8 Å². The molecule has 0 aliphatic carbocycles. The van der Waals surface area contributed by atoms with Gasteiger partial charge in [-0.1, -0.05) is 23.8 Å². The van der Waals surface area contributed by atoms with Gasteiger partial charge in [0, 0.05) is 37.3 Å². The third kappa shape index (κ3) is 10.4. The smallest absolute Gasteiger partial charge is 0.335 e. The first-order chi connectivity index (χ1) is 15.5. The van der Waals surface area contributed by atoms with E-state index in [0.717, 1.165) is 5.03 Å². The molecular weight excluding hydrogens is 458 g/mol. The number of nitrogens with one attached hydrogen (secondary N) is 1. The van der Waals surface area contributed by atoms with Crippen LogP contribution in [0.15, 0.2) is 29.4 Å². The third-order valence-corrected chi connectivity index (χ3v) is 6.79. The van der Waals surface area contributed by atoms with Gasteiger partial charge in [-0.2, -0.15) is 0 Å². The fourth-order valence-corrected chi connectivity index (χ4v) is 4.45. The van der Waals surface area contributed by atoms with Crippen molar-refractivity contribution in [3.63, 3.8) is 0 Å². The van der Waals surface area contributed by atoms with Crippen LogP contribution in [-0.2, 0) is 33.5 Å². The normalized spacial score (nSPS) is 14.5. The zero-order valence-electron chi connectivity index (χ0n) is 17.8. The van der Waals surface area contributed by atoms with E-state index in [0.29, 0.717) is 31.2 Å². The monoisotopic (exact) mass is 485 g/mol. The van der Waals surface area contributed by atoms with Crippen molar-refractivity contribution >= 4 is 45.3 Å². The Kier molecular flexibility index (Phi) is 12.1. The van der Waals surface area contributed by atoms with Crippen molar-refractivity contribution in [1.29, 1.82) is 0 Å². The minimum absolute atomic E-state index is 0.0417. The van der Waals surface area contributed by atoms with Crippen LogP contribution in [0.1, 0.15) is 32.6 Å². The second-order valence-corrected chi connectivity index (χ2v) is 9.39. The molecule has 3 amide bonds. The summed E-state index contributed by atoms with van der Waals surface area (Å²) in [5.74, 6) is -1.77. The fourth-order valence-electron chi connectivity index (χ4n) is 2.44. The number of hydrogen-bond acceptors (Lipinski definition) is 10. The molecule has 0 radical (unpaired) electrons. The molecule has 1 fully saturated rings. The van der Waals surface area contributed by atoms with Gasteiger partial charge in [-0.3, -0.25) is 14.4 Å². The Bertz CT molecular complexity index is 751. The molecule has 1 atom stereocenters. The van der Waals surface area contributed by atoms with Crippen molar-refractivity contribution in [3.8, 4) is 0 Å². The largest absolute Gasteiger partial charge is 0.378 e. The highest BCUT2D eigenvalue weighted by Crippen LogP contribution is 2.33. The van der Waals surface area contributed by atoms with Gasteiger partial charge in [0.05, 0.1) is 32.8 Å². The van der Waals surface area contributed by atoms with Crippen molar-refractivity contribution in [1.82, 2.24) is 15.4 Å². The number of ether oxygens (including phenoxy) is 2.